The highest BCUT2D eigenvalue weighted by Crippen LogP contribution is 2.40. The lowest BCUT2D eigenvalue weighted by Gasteiger charge is -2.31. The van der Waals surface area contributed by atoms with Crippen molar-refractivity contribution in [1.29, 1.82) is 0 Å². The Labute approximate surface area is 221 Å². The number of aromatic nitrogens is 1. The number of nitrogens with zero attached hydrogens (tertiary/aromatic N) is 3. The molecule has 2 aliphatic rings. The number of benzene rings is 2. The summed E-state index contributed by atoms with van der Waals surface area (Å²) in [5, 5.41) is 4.93. The third-order valence-electron chi connectivity index (χ3n) is 6.77. The molecule has 2 aromatic carbocycles. The van der Waals surface area contributed by atoms with Crippen LogP contribution in [0.4, 0.5) is 40.3 Å². The molecule has 5 rings (SSSR count). The Hall–Kier alpha value is -4.19. The highest BCUT2D eigenvalue weighted by Gasteiger charge is 2.36. The Bertz CT molecular complexity index is 1420. The highest BCUT2D eigenvalue weighted by molar-refractivity contribution is 6.05. The fourth-order valence-electron chi connectivity index (χ4n) is 4.83. The van der Waals surface area contributed by atoms with Crippen LogP contribution in [-0.2, 0) is 17.3 Å². The molecular weight excluding hydrogens is 518 g/mol. The van der Waals surface area contributed by atoms with Crippen LogP contribution in [0.2, 0.25) is 0 Å². The standard InChI is InChI=1S/C27H25F4N5O3/c1-32-26(38)21-15-17(6-8-33-21)36-9-7-18-22(36)5-3-20(24(18)28)34-25(37)16-2-4-23(19(14-16)27(29,30)31)35-10-12-39-13-11-35/h2-6,8,14-15H,7,9-13H2,1H3,(H,32,38)(H,34,37). The predicted octanol–water partition coefficient (Wildman–Crippen LogP) is 4.38. The van der Waals surface area contributed by atoms with E-state index in [1.54, 1.807) is 23.1 Å². The molecule has 8 nitrogen and oxygen atoms in total. The van der Waals surface area contributed by atoms with Crippen LogP contribution < -0.4 is 20.4 Å². The average Bonchev–Trinajstić information content (AvgIpc) is 3.39. The number of anilines is 4. The van der Waals surface area contributed by atoms with Crippen molar-refractivity contribution in [2.24, 2.45) is 0 Å². The second-order valence-electron chi connectivity index (χ2n) is 9.09. The summed E-state index contributed by atoms with van der Waals surface area (Å²) in [6, 6.07) is 9.66. The third kappa shape index (κ3) is 5.24. The number of pyridine rings is 1. The maximum absolute atomic E-state index is 15.5. The number of ether oxygens (including phenoxy) is 1. The van der Waals surface area contributed by atoms with Gasteiger partial charge in [0.1, 0.15) is 5.69 Å². The molecule has 3 heterocycles. The molecule has 204 valence electrons. The summed E-state index contributed by atoms with van der Waals surface area (Å²) in [7, 11) is 1.50. The number of fused-ring (bicyclic) bond motifs is 1. The SMILES string of the molecule is CNC(=O)c1cc(N2CCc3c2ccc(NC(=O)c2ccc(N4CCOCC4)c(C(F)(F)F)c2)c3F)ccn1. The van der Waals surface area contributed by atoms with Gasteiger partial charge in [-0.25, -0.2) is 4.39 Å². The molecule has 1 fully saturated rings. The zero-order valence-electron chi connectivity index (χ0n) is 20.9. The second-order valence-corrected chi connectivity index (χ2v) is 9.09. The molecular formula is C27H25F4N5O3. The lowest BCUT2D eigenvalue weighted by atomic mass is 10.1. The Morgan fingerprint density at radius 2 is 1.72 bits per heavy atom. The number of carbonyl (C=O) groups excluding carboxylic acids is 2. The molecule has 0 aliphatic carbocycles. The van der Waals surface area contributed by atoms with Crippen molar-refractivity contribution in [3.63, 3.8) is 0 Å². The van der Waals surface area contributed by atoms with Gasteiger partial charge >= 0.3 is 6.18 Å². The maximum Gasteiger partial charge on any atom is 0.418 e. The van der Waals surface area contributed by atoms with Crippen molar-refractivity contribution in [2.75, 3.05) is 55.0 Å². The van der Waals surface area contributed by atoms with Crippen LogP contribution in [0.3, 0.4) is 0 Å². The Balaban J connectivity index is 1.39. The fraction of sp³-hybridized carbons (Fsp3) is 0.296. The third-order valence-corrected chi connectivity index (χ3v) is 6.77. The van der Waals surface area contributed by atoms with E-state index >= 15 is 4.39 Å². The van der Waals surface area contributed by atoms with E-state index in [2.05, 4.69) is 15.6 Å². The molecule has 0 radical (unpaired) electrons. The first-order valence-corrected chi connectivity index (χ1v) is 12.3. The second kappa shape index (κ2) is 10.5. The molecule has 2 aliphatic heterocycles. The number of hydrogen-bond acceptors (Lipinski definition) is 6. The summed E-state index contributed by atoms with van der Waals surface area (Å²) >= 11 is 0. The van der Waals surface area contributed by atoms with Gasteiger partial charge in [0.05, 0.1) is 24.5 Å². The minimum Gasteiger partial charge on any atom is -0.378 e. The van der Waals surface area contributed by atoms with Gasteiger partial charge in [0.2, 0.25) is 0 Å². The summed E-state index contributed by atoms with van der Waals surface area (Å²) < 4.78 is 62.3. The van der Waals surface area contributed by atoms with Crippen molar-refractivity contribution < 1.29 is 31.9 Å². The molecule has 12 heteroatoms. The van der Waals surface area contributed by atoms with Crippen molar-refractivity contribution in [1.82, 2.24) is 10.3 Å². The van der Waals surface area contributed by atoms with Crippen LogP contribution in [-0.4, -0.2) is 56.7 Å². The van der Waals surface area contributed by atoms with Crippen molar-refractivity contribution in [2.45, 2.75) is 12.6 Å². The zero-order valence-corrected chi connectivity index (χ0v) is 20.9. The molecule has 2 amide bonds. The highest BCUT2D eigenvalue weighted by atomic mass is 19.4. The number of morpholine rings is 1. The number of nitrogens with one attached hydrogen (secondary N) is 2. The Kier molecular flexibility index (Phi) is 7.13. The van der Waals surface area contributed by atoms with Gasteiger partial charge in [-0.1, -0.05) is 0 Å². The van der Waals surface area contributed by atoms with Gasteiger partial charge in [-0.15, -0.1) is 0 Å². The summed E-state index contributed by atoms with van der Waals surface area (Å²) in [5.74, 6) is -1.87. The van der Waals surface area contributed by atoms with Crippen molar-refractivity contribution >= 4 is 34.6 Å². The summed E-state index contributed by atoms with van der Waals surface area (Å²) in [6.07, 6.45) is -2.87. The number of carbonyl (C=O) groups is 2. The lowest BCUT2D eigenvalue weighted by Crippen LogP contribution is -2.37. The lowest BCUT2D eigenvalue weighted by molar-refractivity contribution is -0.137. The van der Waals surface area contributed by atoms with Gasteiger partial charge in [0.15, 0.2) is 5.82 Å². The summed E-state index contributed by atoms with van der Waals surface area (Å²) in [6.45, 7) is 1.66. The van der Waals surface area contributed by atoms with E-state index in [1.165, 1.54) is 31.4 Å². The normalized spacial score (nSPS) is 15.2. The van der Waals surface area contributed by atoms with E-state index in [1.807, 2.05) is 4.90 Å². The smallest absolute Gasteiger partial charge is 0.378 e. The van der Waals surface area contributed by atoms with Crippen LogP contribution in [0, 0.1) is 5.82 Å². The predicted molar refractivity (Wildman–Crippen MR) is 137 cm³/mol. The Morgan fingerprint density at radius 3 is 2.44 bits per heavy atom. The molecule has 3 aromatic rings. The molecule has 0 unspecified atom stereocenters. The summed E-state index contributed by atoms with van der Waals surface area (Å²) in [4.78, 5) is 32.3. The minimum absolute atomic E-state index is 0.0261. The fourth-order valence-corrected chi connectivity index (χ4v) is 4.83. The molecule has 39 heavy (non-hydrogen) atoms. The van der Waals surface area contributed by atoms with E-state index in [9.17, 15) is 22.8 Å². The Morgan fingerprint density at radius 1 is 0.974 bits per heavy atom. The number of rotatable bonds is 5. The first kappa shape index (κ1) is 26.4. The van der Waals surface area contributed by atoms with Crippen LogP contribution in [0.5, 0.6) is 0 Å². The summed E-state index contributed by atoms with van der Waals surface area (Å²) in [5.41, 5.74) is 0.451. The molecule has 2 N–H and O–H groups in total. The first-order valence-electron chi connectivity index (χ1n) is 12.3. The van der Waals surface area contributed by atoms with Gasteiger partial charge < -0.3 is 25.2 Å². The van der Waals surface area contributed by atoms with Crippen LogP contribution >= 0.6 is 0 Å². The van der Waals surface area contributed by atoms with Gasteiger partial charge in [0, 0.05) is 61.1 Å². The van der Waals surface area contributed by atoms with E-state index in [-0.39, 0.29) is 28.5 Å². The molecule has 0 spiro atoms. The molecule has 0 saturated carbocycles. The minimum atomic E-state index is -4.68. The van der Waals surface area contributed by atoms with E-state index < -0.39 is 23.5 Å². The maximum atomic E-state index is 15.5. The first-order chi connectivity index (χ1) is 18.7. The van der Waals surface area contributed by atoms with E-state index in [4.69, 9.17) is 4.74 Å². The molecule has 0 bridgehead atoms. The van der Waals surface area contributed by atoms with Gasteiger partial charge in [0.25, 0.3) is 11.8 Å². The molecule has 0 atom stereocenters. The van der Waals surface area contributed by atoms with Crippen molar-refractivity contribution in [3.05, 3.63) is 76.9 Å². The van der Waals surface area contributed by atoms with Gasteiger partial charge in [-0.05, 0) is 48.9 Å². The van der Waals surface area contributed by atoms with Crippen LogP contribution in [0.25, 0.3) is 0 Å². The van der Waals surface area contributed by atoms with E-state index in [0.717, 1.165) is 6.07 Å². The zero-order chi connectivity index (χ0) is 27.7. The van der Waals surface area contributed by atoms with E-state index in [0.29, 0.717) is 56.2 Å². The number of amides is 2. The molecule has 1 aromatic heterocycles. The van der Waals surface area contributed by atoms with Crippen molar-refractivity contribution in [3.8, 4) is 0 Å². The topological polar surface area (TPSA) is 86.8 Å². The van der Waals surface area contributed by atoms with Crippen LogP contribution in [0.15, 0.2) is 48.7 Å². The number of hydrogen-bond donors (Lipinski definition) is 2. The monoisotopic (exact) mass is 543 g/mol. The largest absolute Gasteiger partial charge is 0.418 e. The van der Waals surface area contributed by atoms with Crippen LogP contribution in [0.1, 0.15) is 32.0 Å². The number of alkyl halides is 3. The average molecular weight is 544 g/mol. The molecule has 1 saturated heterocycles. The number of halogens is 4. The van der Waals surface area contributed by atoms with Gasteiger partial charge in [-0.3, -0.25) is 14.6 Å². The quantitative estimate of drug-likeness (QED) is 0.465. The van der Waals surface area contributed by atoms with Gasteiger partial charge in [-0.2, -0.15) is 13.2 Å².